The molecule has 1 atom stereocenters. The summed E-state index contributed by atoms with van der Waals surface area (Å²) in [5, 5.41) is 8.55. The molecule has 166 valence electrons. The second kappa shape index (κ2) is 9.32. The molecule has 0 unspecified atom stereocenters. The van der Waals surface area contributed by atoms with Crippen LogP contribution in [0.15, 0.2) is 30.3 Å². The normalized spacial score (nSPS) is 16.2. The molecular formula is C24H32FN5O. The molecule has 6 nitrogen and oxygen atoms in total. The Hall–Kier alpha value is -2.51. The molecule has 0 spiro atoms. The number of likely N-dealkylation sites (N-methyl/N-ethyl adjacent to an activating group) is 1. The Morgan fingerprint density at radius 2 is 2.00 bits per heavy atom. The number of nitrogens with one attached hydrogen (secondary N) is 1. The highest BCUT2D eigenvalue weighted by Crippen LogP contribution is 2.30. The highest BCUT2D eigenvalue weighted by atomic mass is 19.1. The lowest BCUT2D eigenvalue weighted by atomic mass is 9.97. The first-order valence-corrected chi connectivity index (χ1v) is 11.1. The van der Waals surface area contributed by atoms with E-state index in [0.717, 1.165) is 60.9 Å². The maximum atomic E-state index is 14.5. The first kappa shape index (κ1) is 21.7. The molecule has 1 aliphatic heterocycles. The van der Waals surface area contributed by atoms with E-state index < -0.39 is 0 Å². The van der Waals surface area contributed by atoms with E-state index in [4.69, 9.17) is 14.8 Å². The summed E-state index contributed by atoms with van der Waals surface area (Å²) in [5.41, 5.74) is 4.75. The van der Waals surface area contributed by atoms with Gasteiger partial charge in [0.1, 0.15) is 11.6 Å². The Balaban J connectivity index is 1.69. The van der Waals surface area contributed by atoms with E-state index in [0.29, 0.717) is 18.0 Å². The van der Waals surface area contributed by atoms with Gasteiger partial charge in [-0.25, -0.2) is 9.37 Å². The molecule has 3 heterocycles. The molecule has 1 aromatic carbocycles. The van der Waals surface area contributed by atoms with Crippen molar-refractivity contribution in [3.05, 3.63) is 58.7 Å². The molecule has 1 N–H and O–H groups in total. The summed E-state index contributed by atoms with van der Waals surface area (Å²) in [6.07, 6.45) is 2.82. The van der Waals surface area contributed by atoms with Crippen LogP contribution < -0.4 is 5.32 Å². The Bertz CT molecular complexity index is 1040. The molecular weight excluding hydrogens is 393 g/mol. The number of hydrogen-bond donors (Lipinski definition) is 1. The van der Waals surface area contributed by atoms with E-state index in [1.807, 2.05) is 42.6 Å². The smallest absolute Gasteiger partial charge is 0.157 e. The van der Waals surface area contributed by atoms with Crippen LogP contribution >= 0.6 is 0 Å². The molecule has 1 saturated heterocycles. The summed E-state index contributed by atoms with van der Waals surface area (Å²) >= 11 is 0. The van der Waals surface area contributed by atoms with Gasteiger partial charge in [0, 0.05) is 48.6 Å². The van der Waals surface area contributed by atoms with Crippen LogP contribution in [-0.4, -0.2) is 53.4 Å². The minimum absolute atomic E-state index is 0.111. The lowest BCUT2D eigenvalue weighted by molar-refractivity contribution is 0.0844. The number of anilines is 1. The maximum Gasteiger partial charge on any atom is 0.157 e. The van der Waals surface area contributed by atoms with Crippen molar-refractivity contribution in [3.8, 4) is 0 Å². The number of hydrogen-bond acceptors (Lipinski definition) is 5. The van der Waals surface area contributed by atoms with Crippen LogP contribution in [0, 0.1) is 12.7 Å². The van der Waals surface area contributed by atoms with Gasteiger partial charge in [0.15, 0.2) is 5.65 Å². The SMILES string of the molecule is CCc1c(C)nc2cc(C3CCOCC3)nn2c1NC[C@@H](c1ccccc1F)N(C)C. The second-order valence-electron chi connectivity index (χ2n) is 8.49. The van der Waals surface area contributed by atoms with Gasteiger partial charge in [0.2, 0.25) is 0 Å². The zero-order valence-corrected chi connectivity index (χ0v) is 18.9. The standard InChI is InChI=1S/C24H32FN5O/c1-5-18-16(2)27-23-14-21(17-10-12-31-13-11-17)28-30(23)24(18)26-15-22(29(3)4)19-8-6-7-9-20(19)25/h6-9,14,17,22,26H,5,10-13,15H2,1-4H3/t22-/m0/s1. The van der Waals surface area contributed by atoms with Gasteiger partial charge in [-0.05, 0) is 46.3 Å². The summed E-state index contributed by atoms with van der Waals surface area (Å²) in [6, 6.07) is 8.98. The average Bonchev–Trinajstić information content (AvgIpc) is 3.19. The van der Waals surface area contributed by atoms with Crippen LogP contribution in [0.3, 0.4) is 0 Å². The van der Waals surface area contributed by atoms with Crippen LogP contribution in [-0.2, 0) is 11.2 Å². The van der Waals surface area contributed by atoms with E-state index in [-0.39, 0.29) is 11.9 Å². The number of ether oxygens (including phenoxy) is 1. The molecule has 4 rings (SSSR count). The van der Waals surface area contributed by atoms with Crippen LogP contribution in [0.5, 0.6) is 0 Å². The quantitative estimate of drug-likeness (QED) is 0.610. The van der Waals surface area contributed by atoms with Crippen molar-refractivity contribution in [2.45, 2.75) is 45.1 Å². The molecule has 1 fully saturated rings. The molecule has 7 heteroatoms. The van der Waals surface area contributed by atoms with Crippen LogP contribution in [0.4, 0.5) is 10.2 Å². The minimum atomic E-state index is -0.185. The Kier molecular flexibility index (Phi) is 6.53. The highest BCUT2D eigenvalue weighted by Gasteiger charge is 2.23. The lowest BCUT2D eigenvalue weighted by Gasteiger charge is -2.26. The van der Waals surface area contributed by atoms with Crippen LogP contribution in [0.2, 0.25) is 0 Å². The number of benzene rings is 1. The van der Waals surface area contributed by atoms with Crippen LogP contribution in [0.1, 0.15) is 54.2 Å². The Morgan fingerprint density at radius 3 is 2.68 bits per heavy atom. The van der Waals surface area contributed by atoms with Gasteiger partial charge in [0.25, 0.3) is 0 Å². The predicted molar refractivity (Wildman–Crippen MR) is 121 cm³/mol. The minimum Gasteiger partial charge on any atom is -0.381 e. The number of rotatable bonds is 7. The molecule has 0 radical (unpaired) electrons. The van der Waals surface area contributed by atoms with E-state index in [1.165, 1.54) is 6.07 Å². The molecule has 1 aliphatic rings. The van der Waals surface area contributed by atoms with Crippen LogP contribution in [0.25, 0.3) is 5.65 Å². The monoisotopic (exact) mass is 425 g/mol. The molecule has 0 bridgehead atoms. The van der Waals surface area contributed by atoms with Gasteiger partial charge in [-0.3, -0.25) is 0 Å². The van der Waals surface area contributed by atoms with Crippen molar-refractivity contribution in [3.63, 3.8) is 0 Å². The topological polar surface area (TPSA) is 54.7 Å². The fourth-order valence-corrected chi connectivity index (χ4v) is 4.48. The third-order valence-electron chi connectivity index (χ3n) is 6.27. The van der Waals surface area contributed by atoms with Crippen molar-refractivity contribution in [2.75, 3.05) is 39.2 Å². The number of fused-ring (bicyclic) bond motifs is 1. The molecule has 31 heavy (non-hydrogen) atoms. The van der Waals surface area contributed by atoms with E-state index in [9.17, 15) is 4.39 Å². The van der Waals surface area contributed by atoms with Gasteiger partial charge < -0.3 is 15.0 Å². The fourth-order valence-electron chi connectivity index (χ4n) is 4.48. The van der Waals surface area contributed by atoms with E-state index in [1.54, 1.807) is 6.07 Å². The third-order valence-corrected chi connectivity index (χ3v) is 6.27. The molecule has 0 saturated carbocycles. The van der Waals surface area contributed by atoms with Crippen molar-refractivity contribution in [1.82, 2.24) is 19.5 Å². The summed E-state index contributed by atoms with van der Waals surface area (Å²) in [7, 11) is 3.95. The van der Waals surface area contributed by atoms with Gasteiger partial charge in [-0.15, -0.1) is 0 Å². The molecule has 0 amide bonds. The first-order valence-electron chi connectivity index (χ1n) is 11.1. The average molecular weight is 426 g/mol. The molecule has 0 aliphatic carbocycles. The largest absolute Gasteiger partial charge is 0.381 e. The van der Waals surface area contributed by atoms with E-state index >= 15 is 0 Å². The number of halogens is 1. The number of aryl methyl sites for hydroxylation is 1. The van der Waals surface area contributed by atoms with Gasteiger partial charge in [0.05, 0.1) is 11.7 Å². The summed E-state index contributed by atoms with van der Waals surface area (Å²) in [5.74, 6) is 1.17. The number of aromatic nitrogens is 3. The molecule has 2 aromatic heterocycles. The summed E-state index contributed by atoms with van der Waals surface area (Å²) < 4.78 is 22.0. The molecule has 3 aromatic rings. The lowest BCUT2D eigenvalue weighted by Crippen LogP contribution is -2.28. The van der Waals surface area contributed by atoms with Crippen molar-refractivity contribution in [1.29, 1.82) is 0 Å². The maximum absolute atomic E-state index is 14.5. The summed E-state index contributed by atoms with van der Waals surface area (Å²) in [6.45, 7) is 6.30. The summed E-state index contributed by atoms with van der Waals surface area (Å²) in [4.78, 5) is 6.86. The number of nitrogens with zero attached hydrogens (tertiary/aromatic N) is 4. The van der Waals surface area contributed by atoms with Crippen molar-refractivity contribution >= 4 is 11.5 Å². The zero-order valence-electron chi connectivity index (χ0n) is 18.9. The van der Waals surface area contributed by atoms with Gasteiger partial charge >= 0.3 is 0 Å². The van der Waals surface area contributed by atoms with E-state index in [2.05, 4.69) is 18.3 Å². The van der Waals surface area contributed by atoms with Crippen molar-refractivity contribution < 1.29 is 9.13 Å². The fraction of sp³-hybridized carbons (Fsp3) is 0.500. The Morgan fingerprint density at radius 1 is 1.26 bits per heavy atom. The predicted octanol–water partition coefficient (Wildman–Crippen LogP) is 4.35. The first-order chi connectivity index (χ1) is 15.0. The van der Waals surface area contributed by atoms with Gasteiger partial charge in [-0.1, -0.05) is 25.1 Å². The highest BCUT2D eigenvalue weighted by molar-refractivity contribution is 5.56. The zero-order chi connectivity index (χ0) is 22.0. The Labute approximate surface area is 183 Å². The third kappa shape index (κ3) is 4.43. The second-order valence-corrected chi connectivity index (χ2v) is 8.49. The van der Waals surface area contributed by atoms with Gasteiger partial charge in [-0.2, -0.15) is 9.61 Å². The van der Waals surface area contributed by atoms with Crippen molar-refractivity contribution in [2.24, 2.45) is 0 Å².